The first kappa shape index (κ1) is 16.4. The van der Waals surface area contributed by atoms with Crippen LogP contribution in [0.15, 0.2) is 59.7 Å². The van der Waals surface area contributed by atoms with Gasteiger partial charge < -0.3 is 4.74 Å². The van der Waals surface area contributed by atoms with E-state index in [0.717, 1.165) is 11.1 Å². The Morgan fingerprint density at radius 2 is 1.78 bits per heavy atom. The SMILES string of the molecule is CC(=O)Oc1ccc(/C=N\NC(=O)CCc2ccccc2)cc1. The number of esters is 1. The van der Waals surface area contributed by atoms with Gasteiger partial charge >= 0.3 is 5.97 Å². The standard InChI is InChI=1S/C18H18N2O3/c1-14(21)23-17-10-7-16(8-11-17)13-19-20-18(22)12-9-15-5-3-2-4-6-15/h2-8,10-11,13H,9,12H2,1H3,(H,20,22)/b19-13-. The molecular weight excluding hydrogens is 292 g/mol. The number of benzene rings is 2. The van der Waals surface area contributed by atoms with Crippen LogP contribution in [0.3, 0.4) is 0 Å². The molecule has 0 bridgehead atoms. The summed E-state index contributed by atoms with van der Waals surface area (Å²) in [5.74, 6) is -0.0275. The van der Waals surface area contributed by atoms with Crippen molar-refractivity contribution in [2.45, 2.75) is 19.8 Å². The van der Waals surface area contributed by atoms with Crippen molar-refractivity contribution in [3.63, 3.8) is 0 Å². The molecule has 2 aromatic rings. The molecule has 0 radical (unpaired) electrons. The number of aryl methyl sites for hydroxylation is 1. The molecule has 0 fully saturated rings. The lowest BCUT2D eigenvalue weighted by Crippen LogP contribution is -2.17. The van der Waals surface area contributed by atoms with Crippen LogP contribution in [-0.4, -0.2) is 18.1 Å². The maximum Gasteiger partial charge on any atom is 0.308 e. The van der Waals surface area contributed by atoms with Crippen LogP contribution < -0.4 is 10.2 Å². The first-order chi connectivity index (χ1) is 11.1. The average Bonchev–Trinajstić information content (AvgIpc) is 2.55. The molecule has 5 heteroatoms. The van der Waals surface area contributed by atoms with Gasteiger partial charge in [-0.15, -0.1) is 0 Å². The van der Waals surface area contributed by atoms with Crippen molar-refractivity contribution in [2.75, 3.05) is 0 Å². The Morgan fingerprint density at radius 3 is 2.43 bits per heavy atom. The highest BCUT2D eigenvalue weighted by Crippen LogP contribution is 2.11. The summed E-state index contributed by atoms with van der Waals surface area (Å²) in [5, 5.41) is 3.91. The van der Waals surface area contributed by atoms with Gasteiger partial charge in [0.1, 0.15) is 5.75 Å². The van der Waals surface area contributed by atoms with Crippen molar-refractivity contribution in [2.24, 2.45) is 5.10 Å². The number of hydrazone groups is 1. The summed E-state index contributed by atoms with van der Waals surface area (Å²) >= 11 is 0. The van der Waals surface area contributed by atoms with Crippen molar-refractivity contribution in [1.29, 1.82) is 0 Å². The van der Waals surface area contributed by atoms with E-state index in [-0.39, 0.29) is 11.9 Å². The molecule has 0 heterocycles. The van der Waals surface area contributed by atoms with E-state index in [2.05, 4.69) is 10.5 Å². The van der Waals surface area contributed by atoms with E-state index in [1.807, 2.05) is 30.3 Å². The van der Waals surface area contributed by atoms with E-state index in [4.69, 9.17) is 4.74 Å². The molecule has 1 amide bonds. The van der Waals surface area contributed by atoms with Gasteiger partial charge in [0.25, 0.3) is 0 Å². The fourth-order valence-corrected chi connectivity index (χ4v) is 1.93. The second-order valence-corrected chi connectivity index (χ2v) is 4.94. The molecule has 0 aliphatic heterocycles. The van der Waals surface area contributed by atoms with Gasteiger partial charge in [-0.3, -0.25) is 9.59 Å². The van der Waals surface area contributed by atoms with Crippen LogP contribution in [0.25, 0.3) is 0 Å². The van der Waals surface area contributed by atoms with Crippen molar-refractivity contribution < 1.29 is 14.3 Å². The number of hydrogen-bond acceptors (Lipinski definition) is 4. The molecule has 0 atom stereocenters. The summed E-state index contributed by atoms with van der Waals surface area (Å²) in [4.78, 5) is 22.5. The summed E-state index contributed by atoms with van der Waals surface area (Å²) in [7, 11) is 0. The lowest BCUT2D eigenvalue weighted by molar-refractivity contribution is -0.131. The molecule has 118 valence electrons. The number of rotatable bonds is 6. The average molecular weight is 310 g/mol. The van der Waals surface area contributed by atoms with E-state index < -0.39 is 0 Å². The van der Waals surface area contributed by atoms with Crippen LogP contribution in [0.1, 0.15) is 24.5 Å². The molecule has 5 nitrogen and oxygen atoms in total. The number of carbonyl (C=O) groups is 2. The first-order valence-electron chi connectivity index (χ1n) is 7.28. The molecule has 23 heavy (non-hydrogen) atoms. The molecule has 0 saturated carbocycles. The summed E-state index contributed by atoms with van der Waals surface area (Å²) in [5.41, 5.74) is 4.41. The van der Waals surface area contributed by atoms with Gasteiger partial charge in [-0.25, -0.2) is 5.43 Å². The van der Waals surface area contributed by atoms with Gasteiger partial charge in [-0.2, -0.15) is 5.10 Å². The van der Waals surface area contributed by atoms with Crippen molar-refractivity contribution in [3.8, 4) is 5.75 Å². The smallest absolute Gasteiger partial charge is 0.308 e. The minimum absolute atomic E-state index is 0.137. The van der Waals surface area contributed by atoms with Gasteiger partial charge in [0, 0.05) is 13.3 Å². The summed E-state index contributed by atoms with van der Waals surface area (Å²) in [6, 6.07) is 16.6. The van der Waals surface area contributed by atoms with E-state index in [9.17, 15) is 9.59 Å². The normalized spacial score (nSPS) is 10.5. The van der Waals surface area contributed by atoms with E-state index in [0.29, 0.717) is 18.6 Å². The summed E-state index contributed by atoms with van der Waals surface area (Å²) in [6.07, 6.45) is 2.60. The van der Waals surface area contributed by atoms with Gasteiger partial charge in [-0.05, 0) is 41.8 Å². The number of ether oxygens (including phenoxy) is 1. The molecule has 2 aromatic carbocycles. The lowest BCUT2D eigenvalue weighted by Gasteiger charge is -2.02. The zero-order valence-corrected chi connectivity index (χ0v) is 12.9. The minimum atomic E-state index is -0.364. The Bertz CT molecular complexity index is 679. The number of nitrogens with zero attached hydrogens (tertiary/aromatic N) is 1. The van der Waals surface area contributed by atoms with Gasteiger partial charge in [-0.1, -0.05) is 30.3 Å². The van der Waals surface area contributed by atoms with E-state index in [1.165, 1.54) is 13.1 Å². The van der Waals surface area contributed by atoms with Crippen LogP contribution in [0.2, 0.25) is 0 Å². The largest absolute Gasteiger partial charge is 0.427 e. The topological polar surface area (TPSA) is 67.8 Å². The highest BCUT2D eigenvalue weighted by atomic mass is 16.5. The van der Waals surface area contributed by atoms with Gasteiger partial charge in [0.2, 0.25) is 5.91 Å². The molecule has 0 spiro atoms. The van der Waals surface area contributed by atoms with Crippen LogP contribution in [0, 0.1) is 0 Å². The van der Waals surface area contributed by atoms with Crippen LogP contribution in [0.4, 0.5) is 0 Å². The van der Waals surface area contributed by atoms with Gasteiger partial charge in [0.05, 0.1) is 6.21 Å². The third-order valence-electron chi connectivity index (χ3n) is 3.03. The predicted octanol–water partition coefficient (Wildman–Crippen LogP) is 2.69. The molecule has 0 saturated heterocycles. The van der Waals surface area contributed by atoms with Crippen LogP contribution in [-0.2, 0) is 16.0 Å². The van der Waals surface area contributed by atoms with E-state index >= 15 is 0 Å². The van der Waals surface area contributed by atoms with Crippen LogP contribution in [0.5, 0.6) is 5.75 Å². The Labute approximate surface area is 135 Å². The number of hydrogen-bond donors (Lipinski definition) is 1. The Morgan fingerprint density at radius 1 is 1.09 bits per heavy atom. The molecule has 0 unspecified atom stereocenters. The zero-order chi connectivity index (χ0) is 16.5. The zero-order valence-electron chi connectivity index (χ0n) is 12.9. The number of nitrogens with one attached hydrogen (secondary N) is 1. The Balaban J connectivity index is 1.77. The predicted molar refractivity (Wildman–Crippen MR) is 88.3 cm³/mol. The van der Waals surface area contributed by atoms with Crippen molar-refractivity contribution >= 4 is 18.1 Å². The molecule has 0 aliphatic rings. The lowest BCUT2D eigenvalue weighted by atomic mass is 10.1. The monoisotopic (exact) mass is 310 g/mol. The van der Waals surface area contributed by atoms with Crippen molar-refractivity contribution in [3.05, 3.63) is 65.7 Å². The Hall–Kier alpha value is -2.95. The molecule has 0 aliphatic carbocycles. The molecule has 1 N–H and O–H groups in total. The third-order valence-corrected chi connectivity index (χ3v) is 3.03. The minimum Gasteiger partial charge on any atom is -0.427 e. The van der Waals surface area contributed by atoms with Crippen LogP contribution >= 0.6 is 0 Å². The van der Waals surface area contributed by atoms with Crippen molar-refractivity contribution in [1.82, 2.24) is 5.43 Å². The maximum absolute atomic E-state index is 11.7. The summed E-state index contributed by atoms with van der Waals surface area (Å²) < 4.78 is 4.93. The Kier molecular flexibility index (Phi) is 6.06. The third kappa shape index (κ3) is 6.13. The molecule has 0 aromatic heterocycles. The fourth-order valence-electron chi connectivity index (χ4n) is 1.93. The second kappa shape index (κ2) is 8.48. The second-order valence-electron chi connectivity index (χ2n) is 4.94. The van der Waals surface area contributed by atoms with E-state index in [1.54, 1.807) is 24.3 Å². The summed E-state index contributed by atoms with van der Waals surface area (Å²) in [6.45, 7) is 1.35. The number of carbonyl (C=O) groups excluding carboxylic acids is 2. The highest BCUT2D eigenvalue weighted by Gasteiger charge is 2.00. The molecule has 2 rings (SSSR count). The van der Waals surface area contributed by atoms with Gasteiger partial charge in [0.15, 0.2) is 0 Å². The quantitative estimate of drug-likeness (QED) is 0.386. The maximum atomic E-state index is 11.7. The highest BCUT2D eigenvalue weighted by molar-refractivity contribution is 5.82. The number of amides is 1. The molecular formula is C18H18N2O3. The fraction of sp³-hybridized carbons (Fsp3) is 0.167. The first-order valence-corrected chi connectivity index (χ1v) is 7.28.